The molecule has 0 aliphatic carbocycles. The molecule has 0 aliphatic heterocycles. The van der Waals surface area contributed by atoms with E-state index in [4.69, 9.17) is 9.05 Å². The van der Waals surface area contributed by atoms with Crippen molar-refractivity contribution in [2.24, 2.45) is 0 Å². The molecule has 9 heteroatoms. The predicted octanol–water partition coefficient (Wildman–Crippen LogP) is 15.6. The number of unbranched alkanes of at least 4 members (excludes halogenated alkanes) is 34. The number of phosphoric acid groups is 1. The Labute approximate surface area is 385 Å². The molecule has 8 nitrogen and oxygen atoms in total. The maximum atomic E-state index is 12.8. The summed E-state index contributed by atoms with van der Waals surface area (Å²) in [6, 6.07) is -0.847. The Bertz CT molecular complexity index is 1060. The summed E-state index contributed by atoms with van der Waals surface area (Å²) in [6.45, 7) is 4.76. The molecule has 0 fully saturated rings. The summed E-state index contributed by atoms with van der Waals surface area (Å²) >= 11 is 0. The second-order valence-corrected chi connectivity index (χ2v) is 21.1. The van der Waals surface area contributed by atoms with Crippen LogP contribution in [0.5, 0.6) is 0 Å². The van der Waals surface area contributed by atoms with E-state index in [-0.39, 0.29) is 19.1 Å². The average Bonchev–Trinajstić information content (AvgIpc) is 3.23. The molecule has 0 rings (SSSR count). The normalized spacial score (nSPS) is 14.2. The summed E-state index contributed by atoms with van der Waals surface area (Å²) in [7, 11) is 1.57. The Morgan fingerprint density at radius 3 is 1.31 bits per heavy atom. The molecule has 0 bridgehead atoms. The molecule has 3 unspecified atom stereocenters. The average molecular weight is 898 g/mol. The zero-order valence-corrected chi connectivity index (χ0v) is 42.8. The second kappa shape index (κ2) is 45.1. The first-order valence-corrected chi connectivity index (χ1v) is 28.2. The molecule has 0 aromatic carbocycles. The minimum absolute atomic E-state index is 0.0610. The van der Waals surface area contributed by atoms with E-state index in [1.54, 1.807) is 6.08 Å². The number of hydrogen-bond acceptors (Lipinski definition) is 5. The summed E-state index contributed by atoms with van der Waals surface area (Å²) in [5.41, 5.74) is 0. The molecule has 3 N–H and O–H groups in total. The lowest BCUT2D eigenvalue weighted by molar-refractivity contribution is -0.870. The van der Waals surface area contributed by atoms with Crippen molar-refractivity contribution < 1.29 is 32.9 Å². The van der Waals surface area contributed by atoms with Crippen LogP contribution in [-0.2, 0) is 18.4 Å². The van der Waals surface area contributed by atoms with E-state index in [0.29, 0.717) is 17.4 Å². The van der Waals surface area contributed by atoms with Gasteiger partial charge in [0, 0.05) is 6.42 Å². The van der Waals surface area contributed by atoms with Gasteiger partial charge in [-0.3, -0.25) is 13.8 Å². The number of rotatable bonds is 49. The third kappa shape index (κ3) is 47.0. The maximum absolute atomic E-state index is 12.8. The van der Waals surface area contributed by atoms with Gasteiger partial charge in [0.1, 0.15) is 13.2 Å². The van der Waals surface area contributed by atoms with Gasteiger partial charge in [-0.05, 0) is 38.5 Å². The third-order valence-corrected chi connectivity index (χ3v) is 13.1. The number of carbonyl (C=O) groups excluding carboxylic acids is 1. The molecule has 0 spiro atoms. The number of nitrogens with zero attached hydrogens (tertiary/aromatic N) is 1. The summed E-state index contributed by atoms with van der Waals surface area (Å²) in [5.74, 6) is -0.187. The zero-order chi connectivity index (χ0) is 45.7. The number of carbonyl (C=O) groups is 1. The molecule has 0 aromatic heterocycles. The first-order valence-electron chi connectivity index (χ1n) is 26.7. The predicted molar refractivity (Wildman–Crippen MR) is 268 cm³/mol. The molecular weight excluding hydrogens is 792 g/mol. The highest BCUT2D eigenvalue weighted by Gasteiger charge is 2.27. The minimum Gasteiger partial charge on any atom is -0.387 e. The van der Waals surface area contributed by atoms with Crippen LogP contribution < -0.4 is 5.32 Å². The summed E-state index contributed by atoms with van der Waals surface area (Å²) < 4.78 is 23.6. The quantitative estimate of drug-likeness (QED) is 0.0243. The molecular formula is C53H106N2O6P+. The van der Waals surface area contributed by atoms with Gasteiger partial charge < -0.3 is 19.8 Å². The highest BCUT2D eigenvalue weighted by molar-refractivity contribution is 7.47. The van der Waals surface area contributed by atoms with Gasteiger partial charge in [-0.2, -0.15) is 0 Å². The highest BCUT2D eigenvalue weighted by atomic mass is 31.2. The van der Waals surface area contributed by atoms with E-state index in [1.807, 2.05) is 27.2 Å². The molecule has 368 valence electrons. The van der Waals surface area contributed by atoms with Crippen molar-refractivity contribution in [1.82, 2.24) is 5.32 Å². The fourth-order valence-electron chi connectivity index (χ4n) is 7.93. The molecule has 0 saturated heterocycles. The molecule has 62 heavy (non-hydrogen) atoms. The Kier molecular flexibility index (Phi) is 44.4. The van der Waals surface area contributed by atoms with Crippen LogP contribution in [-0.4, -0.2) is 73.4 Å². The van der Waals surface area contributed by atoms with Crippen LogP contribution >= 0.6 is 7.82 Å². The van der Waals surface area contributed by atoms with E-state index in [0.717, 1.165) is 57.8 Å². The summed E-state index contributed by atoms with van der Waals surface area (Å²) in [5, 5.41) is 13.8. The smallest absolute Gasteiger partial charge is 0.387 e. The molecule has 3 atom stereocenters. The SMILES string of the molecule is CCC/C=C\CCCCCCCC(=O)NC(COP(=O)(O)OCC[N+](C)(C)C)C(O)/C=C/CCCCCCCCCCCCCCCCCCCCCCCCCCCCCC. The van der Waals surface area contributed by atoms with Gasteiger partial charge in [-0.25, -0.2) is 4.57 Å². The zero-order valence-electron chi connectivity index (χ0n) is 41.9. The second-order valence-electron chi connectivity index (χ2n) is 19.6. The van der Waals surface area contributed by atoms with Gasteiger partial charge in [0.2, 0.25) is 5.91 Å². The Morgan fingerprint density at radius 1 is 0.532 bits per heavy atom. The number of aliphatic hydroxyl groups is 1. The van der Waals surface area contributed by atoms with Crippen molar-refractivity contribution in [2.75, 3.05) is 40.9 Å². The maximum Gasteiger partial charge on any atom is 0.472 e. The van der Waals surface area contributed by atoms with Crippen molar-refractivity contribution in [2.45, 2.75) is 270 Å². The molecule has 0 aliphatic rings. The van der Waals surface area contributed by atoms with Gasteiger partial charge in [-0.15, -0.1) is 0 Å². The number of quaternary nitrogens is 1. The van der Waals surface area contributed by atoms with Gasteiger partial charge in [0.15, 0.2) is 0 Å². The van der Waals surface area contributed by atoms with E-state index >= 15 is 0 Å². The lowest BCUT2D eigenvalue weighted by Gasteiger charge is -2.25. The lowest BCUT2D eigenvalue weighted by atomic mass is 10.0. The third-order valence-electron chi connectivity index (χ3n) is 12.1. The fraction of sp³-hybridized carbons (Fsp3) is 0.906. The number of hydrogen-bond donors (Lipinski definition) is 3. The molecule has 0 radical (unpaired) electrons. The van der Waals surface area contributed by atoms with Crippen molar-refractivity contribution in [1.29, 1.82) is 0 Å². The van der Waals surface area contributed by atoms with Gasteiger partial charge >= 0.3 is 7.82 Å². The van der Waals surface area contributed by atoms with Crippen LogP contribution in [0.25, 0.3) is 0 Å². The number of likely N-dealkylation sites (N-methyl/N-ethyl adjacent to an activating group) is 1. The number of amides is 1. The minimum atomic E-state index is -4.34. The highest BCUT2D eigenvalue weighted by Crippen LogP contribution is 2.43. The number of phosphoric ester groups is 1. The lowest BCUT2D eigenvalue weighted by Crippen LogP contribution is -2.45. The van der Waals surface area contributed by atoms with E-state index in [1.165, 1.54) is 180 Å². The largest absolute Gasteiger partial charge is 0.472 e. The monoisotopic (exact) mass is 898 g/mol. The Hall–Kier alpha value is -1.02. The van der Waals surface area contributed by atoms with Crippen LogP contribution in [0.1, 0.15) is 258 Å². The molecule has 0 saturated carbocycles. The van der Waals surface area contributed by atoms with Crippen LogP contribution in [0.3, 0.4) is 0 Å². The summed E-state index contributed by atoms with van der Waals surface area (Å²) in [6.07, 6.45) is 55.8. The van der Waals surface area contributed by atoms with E-state index < -0.39 is 20.0 Å². The van der Waals surface area contributed by atoms with Crippen LogP contribution in [0.4, 0.5) is 0 Å². The van der Waals surface area contributed by atoms with Gasteiger partial charge in [-0.1, -0.05) is 237 Å². The first-order chi connectivity index (χ1) is 30.0. The molecule has 0 aromatic rings. The van der Waals surface area contributed by atoms with Crippen molar-refractivity contribution in [3.8, 4) is 0 Å². The van der Waals surface area contributed by atoms with Crippen molar-refractivity contribution in [3.05, 3.63) is 24.3 Å². The molecule has 1 amide bonds. The number of aliphatic hydroxyl groups excluding tert-OH is 1. The van der Waals surface area contributed by atoms with Crippen LogP contribution in [0.2, 0.25) is 0 Å². The van der Waals surface area contributed by atoms with E-state index in [2.05, 4.69) is 31.3 Å². The fourth-order valence-corrected chi connectivity index (χ4v) is 8.66. The molecule has 0 heterocycles. The van der Waals surface area contributed by atoms with Crippen LogP contribution in [0.15, 0.2) is 24.3 Å². The van der Waals surface area contributed by atoms with E-state index in [9.17, 15) is 19.4 Å². The van der Waals surface area contributed by atoms with Crippen LogP contribution in [0, 0.1) is 0 Å². The number of allylic oxidation sites excluding steroid dienone is 3. The standard InChI is InChI=1S/C53H105N2O6P/c1-6-8-10-12-14-16-18-19-20-21-22-23-24-25-26-27-28-29-30-31-32-33-34-35-36-37-38-40-42-44-46-52(56)51(50-61-62(58,59)60-49-48-55(3,4)5)54-53(57)47-45-43-41-39-17-15-13-11-9-7-2/h11,13,44,46,51-52,56H,6-10,12,14-43,45,47-50H2,1-5H3,(H-,54,57,58,59)/p+1/b13-11-,46-44+. The summed E-state index contributed by atoms with van der Waals surface area (Å²) in [4.78, 5) is 23.1. The first kappa shape index (κ1) is 61.0. The van der Waals surface area contributed by atoms with Gasteiger partial charge in [0.05, 0.1) is 39.9 Å². The number of nitrogens with one attached hydrogen (secondary N) is 1. The van der Waals surface area contributed by atoms with Crippen molar-refractivity contribution in [3.63, 3.8) is 0 Å². The Balaban J connectivity index is 4.04. The Morgan fingerprint density at radius 2 is 0.903 bits per heavy atom. The topological polar surface area (TPSA) is 105 Å². The van der Waals surface area contributed by atoms with Gasteiger partial charge in [0.25, 0.3) is 0 Å². The van der Waals surface area contributed by atoms with Crippen molar-refractivity contribution >= 4 is 13.7 Å².